The van der Waals surface area contributed by atoms with Gasteiger partial charge in [0, 0.05) is 11.6 Å². The van der Waals surface area contributed by atoms with Crippen molar-refractivity contribution in [3.63, 3.8) is 0 Å². The summed E-state index contributed by atoms with van der Waals surface area (Å²) in [6, 6.07) is 12.5. The summed E-state index contributed by atoms with van der Waals surface area (Å²) in [5.74, 6) is -5.11. The van der Waals surface area contributed by atoms with Gasteiger partial charge in [0.05, 0.1) is 5.69 Å². The van der Waals surface area contributed by atoms with Gasteiger partial charge in [-0.25, -0.2) is 9.97 Å². The largest absolute Gasteiger partial charge is 0.459 e. The lowest BCUT2D eigenvalue weighted by Gasteiger charge is -2.20. The van der Waals surface area contributed by atoms with Crippen molar-refractivity contribution in [1.29, 1.82) is 0 Å². The molecule has 8 heteroatoms. The minimum absolute atomic E-state index is 0.0320. The van der Waals surface area contributed by atoms with E-state index in [4.69, 9.17) is 0 Å². The van der Waals surface area contributed by atoms with E-state index in [1.54, 1.807) is 48.7 Å². The van der Waals surface area contributed by atoms with Gasteiger partial charge >= 0.3 is 12.1 Å². The number of halogens is 5. The van der Waals surface area contributed by atoms with Gasteiger partial charge in [0.25, 0.3) is 0 Å². The smallest absolute Gasteiger partial charge is 0.283 e. The topological polar surface area (TPSA) is 30.2 Å². The van der Waals surface area contributed by atoms with Crippen molar-refractivity contribution in [3.8, 4) is 11.1 Å². The van der Waals surface area contributed by atoms with E-state index in [1.165, 1.54) is 4.40 Å². The molecular weight excluding hydrogens is 401 g/mol. The van der Waals surface area contributed by atoms with Crippen molar-refractivity contribution in [2.75, 3.05) is 0 Å². The number of pyridine rings is 2. The zero-order chi connectivity index (χ0) is 21.7. The summed E-state index contributed by atoms with van der Waals surface area (Å²) in [6.07, 6.45) is -3.60. The fraction of sp³-hybridized carbons (Fsp3) is 0.182. The first-order valence-electron chi connectivity index (χ1n) is 9.15. The average molecular weight is 417 g/mol. The fourth-order valence-electron chi connectivity index (χ4n) is 3.24. The van der Waals surface area contributed by atoms with Gasteiger partial charge in [-0.1, -0.05) is 43.8 Å². The van der Waals surface area contributed by atoms with Gasteiger partial charge in [0.2, 0.25) is 0 Å². The molecule has 3 heterocycles. The second-order valence-corrected chi connectivity index (χ2v) is 6.88. The number of nitrogens with zero attached hydrogens (tertiary/aromatic N) is 3. The number of aromatic nitrogens is 3. The van der Waals surface area contributed by atoms with Crippen molar-refractivity contribution < 1.29 is 22.0 Å². The normalized spacial score (nSPS) is 12.6. The average Bonchev–Trinajstić information content (AvgIpc) is 3.17. The maximum Gasteiger partial charge on any atom is 0.459 e. The zero-order valence-electron chi connectivity index (χ0n) is 15.8. The Hall–Kier alpha value is -3.29. The second kappa shape index (κ2) is 6.90. The molecule has 0 N–H and O–H groups in total. The second-order valence-electron chi connectivity index (χ2n) is 6.88. The van der Waals surface area contributed by atoms with E-state index in [9.17, 15) is 22.0 Å². The summed E-state index contributed by atoms with van der Waals surface area (Å²) >= 11 is 0. The van der Waals surface area contributed by atoms with Crippen LogP contribution in [-0.4, -0.2) is 20.5 Å². The summed E-state index contributed by atoms with van der Waals surface area (Å²) in [5.41, 5.74) is 0.959. The molecule has 0 unspecified atom stereocenters. The summed E-state index contributed by atoms with van der Waals surface area (Å²) in [4.78, 5) is 8.14. The van der Waals surface area contributed by atoms with E-state index < -0.39 is 17.8 Å². The molecule has 0 aliphatic carbocycles. The number of hydrogen-bond acceptors (Lipinski definition) is 2. The molecule has 154 valence electrons. The molecule has 0 fully saturated rings. The number of allylic oxidation sites excluding steroid dienone is 1. The lowest BCUT2D eigenvalue weighted by atomic mass is 10.00. The Morgan fingerprint density at radius 1 is 1.00 bits per heavy atom. The number of alkyl halides is 5. The highest BCUT2D eigenvalue weighted by atomic mass is 19.4. The van der Waals surface area contributed by atoms with Gasteiger partial charge in [-0.15, -0.1) is 0 Å². The van der Waals surface area contributed by atoms with Crippen LogP contribution in [0, 0.1) is 0 Å². The Morgan fingerprint density at radius 3 is 2.33 bits per heavy atom. The molecule has 3 aromatic heterocycles. The third kappa shape index (κ3) is 3.12. The highest BCUT2D eigenvalue weighted by molar-refractivity contribution is 5.94. The number of hydrogen-bond donors (Lipinski definition) is 0. The summed E-state index contributed by atoms with van der Waals surface area (Å²) in [5, 5.41) is 0.432. The number of rotatable bonds is 4. The highest BCUT2D eigenvalue weighted by Gasteiger charge is 2.60. The Labute approximate surface area is 168 Å². The Morgan fingerprint density at radius 2 is 1.70 bits per heavy atom. The van der Waals surface area contributed by atoms with Crippen molar-refractivity contribution in [3.05, 3.63) is 72.7 Å². The number of fused-ring (bicyclic) bond motifs is 3. The van der Waals surface area contributed by atoms with Crippen LogP contribution in [0.5, 0.6) is 0 Å². The van der Waals surface area contributed by atoms with Crippen molar-refractivity contribution in [2.45, 2.75) is 25.4 Å². The highest BCUT2D eigenvalue weighted by Crippen LogP contribution is 2.45. The first kappa shape index (κ1) is 20.0. The van der Waals surface area contributed by atoms with E-state index in [1.807, 2.05) is 6.92 Å². The van der Waals surface area contributed by atoms with Gasteiger partial charge in [0.1, 0.15) is 17.0 Å². The lowest BCUT2D eigenvalue weighted by molar-refractivity contribution is -0.290. The monoisotopic (exact) mass is 417 g/mol. The van der Waals surface area contributed by atoms with Crippen LogP contribution in [0.25, 0.3) is 33.4 Å². The molecule has 0 spiro atoms. The van der Waals surface area contributed by atoms with Gasteiger partial charge in [0.15, 0.2) is 0 Å². The summed E-state index contributed by atoms with van der Waals surface area (Å²) < 4.78 is 69.2. The van der Waals surface area contributed by atoms with E-state index in [0.717, 1.165) is 6.07 Å². The third-order valence-corrected chi connectivity index (χ3v) is 4.95. The first-order chi connectivity index (χ1) is 14.1. The van der Waals surface area contributed by atoms with Crippen LogP contribution in [0.4, 0.5) is 22.0 Å². The van der Waals surface area contributed by atoms with Crippen LogP contribution in [-0.2, 0) is 5.92 Å². The predicted molar refractivity (Wildman–Crippen MR) is 105 cm³/mol. The molecule has 3 nitrogen and oxygen atoms in total. The van der Waals surface area contributed by atoms with Crippen LogP contribution < -0.4 is 0 Å². The molecular formula is C22H16F5N3. The summed E-state index contributed by atoms with van der Waals surface area (Å²) in [7, 11) is 0. The van der Waals surface area contributed by atoms with Crippen LogP contribution >= 0.6 is 0 Å². The molecule has 0 aliphatic rings. The van der Waals surface area contributed by atoms with Crippen molar-refractivity contribution in [2.24, 2.45) is 0 Å². The van der Waals surface area contributed by atoms with Crippen LogP contribution in [0.1, 0.15) is 24.7 Å². The molecule has 0 aliphatic heterocycles. The van der Waals surface area contributed by atoms with Crippen molar-refractivity contribution >= 4 is 22.3 Å². The molecule has 1 aromatic carbocycles. The summed E-state index contributed by atoms with van der Waals surface area (Å²) in [6.45, 7) is 5.80. The van der Waals surface area contributed by atoms with E-state index >= 15 is 0 Å². The Balaban J connectivity index is 2.10. The minimum Gasteiger partial charge on any atom is -0.283 e. The maximum absolute atomic E-state index is 14.2. The zero-order valence-corrected chi connectivity index (χ0v) is 15.8. The van der Waals surface area contributed by atoms with Crippen LogP contribution in [0.15, 0.2) is 61.3 Å². The number of imidazole rings is 1. The standard InChI is InChI=1S/C22H16F5N3/c1-3-13(2)17-12-30-19(28-17)10-9-15-16(14-7-5-4-6-8-14)11-18(29-20(15)30)21(23,24)22(25,26)27/h4-12H,2-3H2,1H3. The predicted octanol–water partition coefficient (Wildman–Crippen LogP) is 6.63. The van der Waals surface area contributed by atoms with Crippen LogP contribution in [0.2, 0.25) is 0 Å². The maximum atomic E-state index is 14.2. The molecule has 30 heavy (non-hydrogen) atoms. The van der Waals surface area contributed by atoms with Gasteiger partial charge < -0.3 is 0 Å². The Bertz CT molecular complexity index is 1260. The van der Waals surface area contributed by atoms with Crippen molar-refractivity contribution in [1.82, 2.24) is 14.4 Å². The van der Waals surface area contributed by atoms with Gasteiger partial charge in [-0.05, 0) is 41.3 Å². The molecule has 4 aromatic rings. The van der Waals surface area contributed by atoms with E-state index in [-0.39, 0.29) is 11.2 Å². The van der Waals surface area contributed by atoms with Gasteiger partial charge in [-0.2, -0.15) is 22.0 Å². The molecule has 0 radical (unpaired) electrons. The minimum atomic E-state index is -5.77. The fourth-order valence-corrected chi connectivity index (χ4v) is 3.24. The lowest BCUT2D eigenvalue weighted by Crippen LogP contribution is -2.34. The van der Waals surface area contributed by atoms with Gasteiger partial charge in [-0.3, -0.25) is 4.40 Å². The Kier molecular flexibility index (Phi) is 4.60. The first-order valence-corrected chi connectivity index (χ1v) is 9.15. The quantitative estimate of drug-likeness (QED) is 0.349. The molecule has 0 saturated heterocycles. The van der Waals surface area contributed by atoms with Crippen LogP contribution in [0.3, 0.4) is 0 Å². The molecule has 0 amide bonds. The molecule has 0 saturated carbocycles. The molecule has 0 atom stereocenters. The third-order valence-electron chi connectivity index (χ3n) is 4.95. The number of benzene rings is 1. The molecule has 0 bridgehead atoms. The molecule has 4 rings (SSSR count). The van der Waals surface area contributed by atoms with E-state index in [2.05, 4.69) is 16.5 Å². The van der Waals surface area contributed by atoms with E-state index in [0.29, 0.717) is 34.3 Å². The SMILES string of the molecule is C=C(CC)c1cn2c(ccc3c(-c4ccccc4)cc(C(F)(F)C(F)(F)F)nc32)n1.